The third-order valence-electron chi connectivity index (χ3n) is 5.94. The first-order valence-corrected chi connectivity index (χ1v) is 9.86. The molecule has 0 aliphatic carbocycles. The van der Waals surface area contributed by atoms with Crippen LogP contribution in [0.5, 0.6) is 0 Å². The summed E-state index contributed by atoms with van der Waals surface area (Å²) in [6.07, 6.45) is 8.72. The molecule has 4 nitrogen and oxygen atoms in total. The van der Waals surface area contributed by atoms with Crippen molar-refractivity contribution in [1.82, 2.24) is 9.80 Å². The predicted molar refractivity (Wildman–Crippen MR) is 102 cm³/mol. The third kappa shape index (κ3) is 4.18. The molecule has 0 spiro atoms. The van der Waals surface area contributed by atoms with Crippen LogP contribution in [0.1, 0.15) is 42.4 Å². The van der Waals surface area contributed by atoms with E-state index in [-0.39, 0.29) is 0 Å². The van der Waals surface area contributed by atoms with Gasteiger partial charge in [0.25, 0.3) is 0 Å². The van der Waals surface area contributed by atoms with Crippen molar-refractivity contribution in [3.63, 3.8) is 0 Å². The zero-order valence-electron chi connectivity index (χ0n) is 15.4. The molecule has 1 fully saturated rings. The van der Waals surface area contributed by atoms with Crippen LogP contribution in [0.25, 0.3) is 0 Å². The number of carbonyl (C=O) groups is 1. The number of hydrogen-bond donors (Lipinski definition) is 0. The van der Waals surface area contributed by atoms with Crippen LogP contribution in [0.2, 0.25) is 0 Å². The summed E-state index contributed by atoms with van der Waals surface area (Å²) in [5.74, 6) is 1.02. The summed E-state index contributed by atoms with van der Waals surface area (Å²) in [6.45, 7) is 4.90. The van der Waals surface area contributed by atoms with Crippen LogP contribution >= 0.6 is 0 Å². The predicted octanol–water partition coefficient (Wildman–Crippen LogP) is 3.86. The Morgan fingerprint density at radius 1 is 1.08 bits per heavy atom. The van der Waals surface area contributed by atoms with Gasteiger partial charge in [-0.1, -0.05) is 24.3 Å². The van der Waals surface area contributed by atoms with Gasteiger partial charge in [-0.15, -0.1) is 0 Å². The minimum absolute atomic E-state index is 0.334. The van der Waals surface area contributed by atoms with Crippen LogP contribution in [0, 0.1) is 5.92 Å². The molecular weight excluding hydrogens is 324 g/mol. The summed E-state index contributed by atoms with van der Waals surface area (Å²) in [5.41, 5.74) is 3.98. The Labute approximate surface area is 155 Å². The molecule has 26 heavy (non-hydrogen) atoms. The van der Waals surface area contributed by atoms with Gasteiger partial charge in [-0.25, -0.2) is 0 Å². The van der Waals surface area contributed by atoms with Crippen molar-refractivity contribution in [2.24, 2.45) is 5.92 Å². The maximum absolute atomic E-state index is 12.6. The van der Waals surface area contributed by atoms with E-state index in [1.165, 1.54) is 29.5 Å². The zero-order chi connectivity index (χ0) is 17.8. The van der Waals surface area contributed by atoms with Crippen LogP contribution in [-0.2, 0) is 24.3 Å². The van der Waals surface area contributed by atoms with Crippen LogP contribution in [0.4, 0.5) is 0 Å². The van der Waals surface area contributed by atoms with Gasteiger partial charge in [-0.05, 0) is 61.9 Å². The fraction of sp³-hybridized carbons (Fsp3) is 0.500. The number of benzene rings is 1. The van der Waals surface area contributed by atoms with E-state index in [4.69, 9.17) is 4.42 Å². The van der Waals surface area contributed by atoms with E-state index >= 15 is 0 Å². The monoisotopic (exact) mass is 352 g/mol. The number of likely N-dealkylation sites (tertiary alicyclic amines) is 1. The number of hydrogen-bond acceptors (Lipinski definition) is 3. The van der Waals surface area contributed by atoms with Gasteiger partial charge in [0.1, 0.15) is 0 Å². The Balaban J connectivity index is 1.20. The first-order chi connectivity index (χ1) is 12.8. The summed E-state index contributed by atoms with van der Waals surface area (Å²) in [4.78, 5) is 17.2. The van der Waals surface area contributed by atoms with E-state index in [2.05, 4.69) is 34.1 Å². The van der Waals surface area contributed by atoms with E-state index in [0.29, 0.717) is 18.2 Å². The van der Waals surface area contributed by atoms with Crippen molar-refractivity contribution in [2.45, 2.75) is 45.2 Å². The first kappa shape index (κ1) is 17.3. The molecule has 1 aromatic carbocycles. The van der Waals surface area contributed by atoms with Gasteiger partial charge in [-0.2, -0.15) is 0 Å². The number of amides is 1. The molecule has 2 aromatic rings. The molecule has 0 N–H and O–H groups in total. The fourth-order valence-corrected chi connectivity index (χ4v) is 4.27. The molecule has 2 aliphatic heterocycles. The number of piperidine rings is 1. The standard InChI is InChI=1S/C22H28N2O2/c25-22(24-13-9-20-3-1-2-4-21(20)16-24)6-5-18-7-11-23(12-8-18)15-19-10-14-26-17-19/h1-4,10,14,17-18H,5-9,11-13,15-16H2. The van der Waals surface area contributed by atoms with Crippen LogP contribution in [0.3, 0.4) is 0 Å². The van der Waals surface area contributed by atoms with Gasteiger partial charge in [0.05, 0.1) is 12.5 Å². The summed E-state index contributed by atoms with van der Waals surface area (Å²) >= 11 is 0. The highest BCUT2D eigenvalue weighted by Crippen LogP contribution is 2.25. The molecule has 0 radical (unpaired) electrons. The minimum atomic E-state index is 0.334. The van der Waals surface area contributed by atoms with Gasteiger partial charge in [-0.3, -0.25) is 9.69 Å². The number of furan rings is 1. The second kappa shape index (κ2) is 8.09. The molecule has 0 unspecified atom stereocenters. The van der Waals surface area contributed by atoms with Gasteiger partial charge >= 0.3 is 0 Å². The molecule has 4 heteroatoms. The quantitative estimate of drug-likeness (QED) is 0.820. The molecule has 0 saturated carbocycles. The van der Waals surface area contributed by atoms with Crippen molar-refractivity contribution in [3.8, 4) is 0 Å². The molecule has 0 atom stereocenters. The average Bonchev–Trinajstić information content (AvgIpc) is 3.20. The lowest BCUT2D eigenvalue weighted by Gasteiger charge is -2.32. The average molecular weight is 352 g/mol. The Morgan fingerprint density at radius 2 is 1.88 bits per heavy atom. The molecule has 138 valence electrons. The van der Waals surface area contributed by atoms with Crippen molar-refractivity contribution in [3.05, 3.63) is 59.5 Å². The number of carbonyl (C=O) groups excluding carboxylic acids is 1. The molecule has 1 saturated heterocycles. The Hall–Kier alpha value is -2.07. The van der Waals surface area contributed by atoms with Gasteiger partial charge in [0, 0.05) is 31.6 Å². The summed E-state index contributed by atoms with van der Waals surface area (Å²) in [5, 5.41) is 0. The van der Waals surface area contributed by atoms with Crippen molar-refractivity contribution >= 4 is 5.91 Å². The molecule has 0 bridgehead atoms. The summed E-state index contributed by atoms with van der Waals surface area (Å²) < 4.78 is 5.15. The normalized spacial score (nSPS) is 18.7. The van der Waals surface area contributed by atoms with E-state index in [1.807, 2.05) is 12.3 Å². The minimum Gasteiger partial charge on any atom is -0.472 e. The second-order valence-corrected chi connectivity index (χ2v) is 7.72. The Kier molecular flexibility index (Phi) is 5.40. The van der Waals surface area contributed by atoms with Crippen molar-refractivity contribution < 1.29 is 9.21 Å². The summed E-state index contributed by atoms with van der Waals surface area (Å²) in [7, 11) is 0. The molecular formula is C22H28N2O2. The molecule has 4 rings (SSSR count). The lowest BCUT2D eigenvalue weighted by atomic mass is 9.91. The van der Waals surface area contributed by atoms with Gasteiger partial charge in [0.15, 0.2) is 0 Å². The number of rotatable bonds is 5. The third-order valence-corrected chi connectivity index (χ3v) is 5.94. The molecule has 2 aliphatic rings. The van der Waals surface area contributed by atoms with Crippen LogP contribution < -0.4 is 0 Å². The second-order valence-electron chi connectivity index (χ2n) is 7.72. The van der Waals surface area contributed by atoms with E-state index in [9.17, 15) is 4.79 Å². The lowest BCUT2D eigenvalue weighted by molar-refractivity contribution is -0.132. The smallest absolute Gasteiger partial charge is 0.222 e. The highest BCUT2D eigenvalue weighted by molar-refractivity contribution is 5.76. The molecule has 1 amide bonds. The van der Waals surface area contributed by atoms with E-state index in [0.717, 1.165) is 45.6 Å². The number of fused-ring (bicyclic) bond motifs is 1. The zero-order valence-corrected chi connectivity index (χ0v) is 15.4. The van der Waals surface area contributed by atoms with E-state index in [1.54, 1.807) is 6.26 Å². The molecule has 3 heterocycles. The fourth-order valence-electron chi connectivity index (χ4n) is 4.27. The maximum atomic E-state index is 12.6. The highest BCUT2D eigenvalue weighted by Gasteiger charge is 2.23. The van der Waals surface area contributed by atoms with Crippen LogP contribution in [-0.4, -0.2) is 35.3 Å². The van der Waals surface area contributed by atoms with Crippen molar-refractivity contribution in [2.75, 3.05) is 19.6 Å². The van der Waals surface area contributed by atoms with E-state index < -0.39 is 0 Å². The summed E-state index contributed by atoms with van der Waals surface area (Å²) in [6, 6.07) is 10.6. The Bertz CT molecular complexity index is 718. The van der Waals surface area contributed by atoms with Crippen LogP contribution in [0.15, 0.2) is 47.3 Å². The van der Waals surface area contributed by atoms with Gasteiger partial charge in [0.2, 0.25) is 5.91 Å². The number of nitrogens with zero attached hydrogens (tertiary/aromatic N) is 2. The maximum Gasteiger partial charge on any atom is 0.222 e. The first-order valence-electron chi connectivity index (χ1n) is 9.86. The molecule has 1 aromatic heterocycles. The lowest BCUT2D eigenvalue weighted by Crippen LogP contribution is -2.37. The SMILES string of the molecule is O=C(CCC1CCN(Cc2ccoc2)CC1)N1CCc2ccccc2C1. The van der Waals surface area contributed by atoms with Gasteiger partial charge < -0.3 is 9.32 Å². The Morgan fingerprint density at radius 3 is 2.65 bits per heavy atom. The highest BCUT2D eigenvalue weighted by atomic mass is 16.3. The van der Waals surface area contributed by atoms with Crippen molar-refractivity contribution in [1.29, 1.82) is 0 Å². The topological polar surface area (TPSA) is 36.7 Å². The largest absolute Gasteiger partial charge is 0.472 e.